The van der Waals surface area contributed by atoms with E-state index in [2.05, 4.69) is 0 Å². The van der Waals surface area contributed by atoms with Crippen LogP contribution in [0.5, 0.6) is 0 Å². The zero-order valence-corrected chi connectivity index (χ0v) is 11.1. The Bertz CT molecular complexity index is 80.4. The highest BCUT2D eigenvalue weighted by Crippen LogP contribution is 2.15. The Kier molecular flexibility index (Phi) is 23.2. The summed E-state index contributed by atoms with van der Waals surface area (Å²) in [7, 11) is 0. The maximum absolute atomic E-state index is 7.62. The molecule has 0 aromatic rings. The highest BCUT2D eigenvalue weighted by molar-refractivity contribution is 4.51. The Labute approximate surface area is 101 Å². The van der Waals surface area contributed by atoms with Crippen molar-refractivity contribution in [2.75, 3.05) is 26.4 Å². The lowest BCUT2D eigenvalue weighted by atomic mass is 10.0. The van der Waals surface area contributed by atoms with Gasteiger partial charge in [-0.25, -0.2) is 0 Å². The molecular formula is C13H30O3. The smallest absolute Gasteiger partial charge is 0.0662 e. The van der Waals surface area contributed by atoms with Gasteiger partial charge in [0.15, 0.2) is 0 Å². The predicted octanol–water partition coefficient (Wildman–Crippen LogP) is 2.74. The Balaban J connectivity index is 0. The van der Waals surface area contributed by atoms with Gasteiger partial charge in [0, 0.05) is 13.2 Å². The zero-order valence-electron chi connectivity index (χ0n) is 11.1. The topological polar surface area (TPSA) is 49.7 Å². The minimum absolute atomic E-state index is 0.125. The summed E-state index contributed by atoms with van der Waals surface area (Å²) in [6.45, 7) is 5.42. The van der Waals surface area contributed by atoms with Crippen molar-refractivity contribution in [3.05, 3.63) is 0 Å². The molecule has 2 N–H and O–H groups in total. The van der Waals surface area contributed by atoms with E-state index in [-0.39, 0.29) is 13.2 Å². The minimum atomic E-state index is -0.125. The first-order valence-corrected chi connectivity index (χ1v) is 6.62. The molecule has 0 atom stereocenters. The maximum atomic E-state index is 7.62. The van der Waals surface area contributed by atoms with E-state index in [0.717, 1.165) is 13.2 Å². The largest absolute Gasteiger partial charge is 0.394 e. The second kappa shape index (κ2) is 20.3. The fraction of sp³-hybridized carbons (Fsp3) is 1.00. The van der Waals surface area contributed by atoms with Crippen LogP contribution in [0.15, 0.2) is 0 Å². The van der Waals surface area contributed by atoms with Gasteiger partial charge in [-0.3, -0.25) is 0 Å². The molecule has 0 aromatic heterocycles. The summed E-state index contributed by atoms with van der Waals surface area (Å²) in [5.41, 5.74) is 0. The van der Waals surface area contributed by atoms with E-state index in [4.69, 9.17) is 14.9 Å². The van der Waals surface area contributed by atoms with Gasteiger partial charge >= 0.3 is 0 Å². The van der Waals surface area contributed by atoms with Crippen LogP contribution in [0, 0.1) is 0 Å². The van der Waals surface area contributed by atoms with E-state index in [9.17, 15) is 0 Å². The molecule has 0 amide bonds. The van der Waals surface area contributed by atoms with Gasteiger partial charge in [0.05, 0.1) is 13.2 Å². The molecule has 100 valence electrons. The standard InChI is InChI=1S/C4H10O.C4H8.C3H6.C2H6O2/c1-3-5-4-2;1-2-4-3-1;1-2-3-1;3-1-2-4/h3-4H2,1-2H3;1-4H2;1-3H2;3-4H,1-2H2. The Morgan fingerprint density at radius 1 is 0.688 bits per heavy atom. The number of hydrogen-bond donors (Lipinski definition) is 2. The van der Waals surface area contributed by atoms with Crippen LogP contribution < -0.4 is 0 Å². The maximum Gasteiger partial charge on any atom is 0.0662 e. The highest BCUT2D eigenvalue weighted by atomic mass is 16.5. The molecule has 0 radical (unpaired) electrons. The Morgan fingerprint density at radius 3 is 0.938 bits per heavy atom. The third kappa shape index (κ3) is 37.1. The molecule has 3 nitrogen and oxygen atoms in total. The molecule has 2 rings (SSSR count). The third-order valence-electron chi connectivity index (χ3n) is 1.86. The lowest BCUT2D eigenvalue weighted by Crippen LogP contribution is -1.85. The quantitative estimate of drug-likeness (QED) is 0.789. The second-order valence-electron chi connectivity index (χ2n) is 3.70. The molecule has 2 aliphatic rings. The van der Waals surface area contributed by atoms with Crippen LogP contribution in [0.25, 0.3) is 0 Å². The number of aliphatic hydroxyl groups is 2. The predicted molar refractivity (Wildman–Crippen MR) is 68.7 cm³/mol. The van der Waals surface area contributed by atoms with E-state index in [0.29, 0.717) is 0 Å². The third-order valence-corrected chi connectivity index (χ3v) is 1.86. The van der Waals surface area contributed by atoms with E-state index >= 15 is 0 Å². The summed E-state index contributed by atoms with van der Waals surface area (Å²) in [5.74, 6) is 0. The van der Waals surface area contributed by atoms with Crippen LogP contribution in [-0.2, 0) is 4.74 Å². The summed E-state index contributed by atoms with van der Waals surface area (Å²) in [6.07, 6.45) is 10.5. The molecule has 0 unspecified atom stereocenters. The van der Waals surface area contributed by atoms with Crippen molar-refractivity contribution < 1.29 is 14.9 Å². The van der Waals surface area contributed by atoms with E-state index in [1.165, 1.54) is 44.9 Å². The Hall–Kier alpha value is -0.120. The van der Waals surface area contributed by atoms with Crippen LogP contribution >= 0.6 is 0 Å². The molecular weight excluding hydrogens is 204 g/mol. The van der Waals surface area contributed by atoms with Crippen molar-refractivity contribution in [3.8, 4) is 0 Å². The van der Waals surface area contributed by atoms with Gasteiger partial charge < -0.3 is 14.9 Å². The first-order valence-electron chi connectivity index (χ1n) is 6.62. The van der Waals surface area contributed by atoms with Gasteiger partial charge in [0.2, 0.25) is 0 Å². The van der Waals surface area contributed by atoms with E-state index in [1.54, 1.807) is 0 Å². The van der Waals surface area contributed by atoms with Gasteiger partial charge in [-0.15, -0.1) is 0 Å². The van der Waals surface area contributed by atoms with Gasteiger partial charge in [0.1, 0.15) is 0 Å². The minimum Gasteiger partial charge on any atom is -0.394 e. The summed E-state index contributed by atoms with van der Waals surface area (Å²) in [4.78, 5) is 0. The molecule has 0 spiro atoms. The lowest BCUT2D eigenvalue weighted by Gasteiger charge is -2.05. The number of rotatable bonds is 3. The van der Waals surface area contributed by atoms with Crippen molar-refractivity contribution in [2.45, 2.75) is 58.8 Å². The molecule has 2 saturated carbocycles. The van der Waals surface area contributed by atoms with E-state index < -0.39 is 0 Å². The zero-order chi connectivity index (χ0) is 12.5. The lowest BCUT2D eigenvalue weighted by molar-refractivity contribution is 0.162. The normalized spacial score (nSPS) is 15.0. The van der Waals surface area contributed by atoms with Crippen LogP contribution in [0.3, 0.4) is 0 Å². The molecule has 0 bridgehead atoms. The molecule has 0 saturated heterocycles. The summed E-state index contributed by atoms with van der Waals surface area (Å²) >= 11 is 0. The van der Waals surface area contributed by atoms with Gasteiger partial charge in [0.25, 0.3) is 0 Å². The molecule has 2 aliphatic carbocycles. The van der Waals surface area contributed by atoms with Crippen LogP contribution in [0.1, 0.15) is 58.8 Å². The van der Waals surface area contributed by atoms with Crippen molar-refractivity contribution in [1.82, 2.24) is 0 Å². The number of hydrogen-bond acceptors (Lipinski definition) is 3. The molecule has 0 aliphatic heterocycles. The first-order chi connectivity index (χ1) is 7.83. The first kappa shape index (κ1) is 18.3. The number of aliphatic hydroxyl groups excluding tert-OH is 2. The van der Waals surface area contributed by atoms with Crippen molar-refractivity contribution in [1.29, 1.82) is 0 Å². The monoisotopic (exact) mass is 234 g/mol. The fourth-order valence-electron chi connectivity index (χ4n) is 0.454. The SMILES string of the molecule is C1CC1.C1CCC1.CCOCC.OCCO. The van der Waals surface area contributed by atoms with Crippen molar-refractivity contribution in [3.63, 3.8) is 0 Å². The van der Waals surface area contributed by atoms with Gasteiger partial charge in [-0.2, -0.15) is 0 Å². The van der Waals surface area contributed by atoms with Crippen LogP contribution in [0.4, 0.5) is 0 Å². The van der Waals surface area contributed by atoms with Gasteiger partial charge in [-0.05, 0) is 13.8 Å². The molecule has 0 heterocycles. The fourth-order valence-corrected chi connectivity index (χ4v) is 0.454. The highest BCUT2D eigenvalue weighted by Gasteiger charge is 1.95. The molecule has 16 heavy (non-hydrogen) atoms. The molecule has 2 fully saturated rings. The van der Waals surface area contributed by atoms with Gasteiger partial charge in [-0.1, -0.05) is 44.9 Å². The molecule has 0 aromatic carbocycles. The summed E-state index contributed by atoms with van der Waals surface area (Å²) in [5, 5.41) is 15.2. The molecule has 3 heteroatoms. The van der Waals surface area contributed by atoms with E-state index in [1.807, 2.05) is 13.8 Å². The summed E-state index contributed by atoms with van der Waals surface area (Å²) < 4.78 is 4.83. The van der Waals surface area contributed by atoms with Crippen LogP contribution in [0.2, 0.25) is 0 Å². The number of ether oxygens (including phenoxy) is 1. The Morgan fingerprint density at radius 2 is 0.938 bits per heavy atom. The van der Waals surface area contributed by atoms with Crippen molar-refractivity contribution in [2.24, 2.45) is 0 Å². The average Bonchev–Trinajstić information content (AvgIpc) is 3.04. The average molecular weight is 234 g/mol. The van der Waals surface area contributed by atoms with Crippen LogP contribution in [-0.4, -0.2) is 36.6 Å². The second-order valence-corrected chi connectivity index (χ2v) is 3.70. The van der Waals surface area contributed by atoms with Crippen molar-refractivity contribution >= 4 is 0 Å². The summed E-state index contributed by atoms with van der Waals surface area (Å²) in [6, 6.07) is 0.